The molecular formula is C21H17N2O2S+. The van der Waals surface area contributed by atoms with Gasteiger partial charge in [0.05, 0.1) is 5.56 Å². The van der Waals surface area contributed by atoms with Gasteiger partial charge in [-0.2, -0.15) is 0 Å². The SMILES string of the molecule is CN1C(=O)c2ccccc2[S+](c2ccc(C(N)=O)cc2)c2ccccc21. The van der Waals surface area contributed by atoms with E-state index in [1.165, 1.54) is 0 Å². The van der Waals surface area contributed by atoms with E-state index >= 15 is 0 Å². The Morgan fingerprint density at radius 1 is 0.885 bits per heavy atom. The third-order valence-electron chi connectivity index (χ3n) is 4.46. The van der Waals surface area contributed by atoms with Crippen LogP contribution in [0, 0.1) is 0 Å². The first-order valence-corrected chi connectivity index (χ1v) is 9.40. The Labute approximate surface area is 154 Å². The van der Waals surface area contributed by atoms with Crippen LogP contribution in [-0.2, 0) is 10.9 Å². The quantitative estimate of drug-likeness (QED) is 0.711. The Hall–Kier alpha value is -3.05. The molecule has 4 rings (SSSR count). The van der Waals surface area contributed by atoms with Gasteiger partial charge in [-0.15, -0.1) is 0 Å². The minimum Gasteiger partial charge on any atom is -0.366 e. The number of nitrogens with zero attached hydrogens (tertiary/aromatic N) is 1. The van der Waals surface area contributed by atoms with E-state index in [4.69, 9.17) is 5.73 Å². The average molecular weight is 361 g/mol. The summed E-state index contributed by atoms with van der Waals surface area (Å²) in [5, 5.41) is 0. The van der Waals surface area contributed by atoms with Crippen LogP contribution >= 0.6 is 0 Å². The van der Waals surface area contributed by atoms with E-state index in [1.54, 1.807) is 24.1 Å². The molecule has 1 unspecified atom stereocenters. The van der Waals surface area contributed by atoms with Gasteiger partial charge < -0.3 is 10.6 Å². The number of hydrogen-bond donors (Lipinski definition) is 1. The van der Waals surface area contributed by atoms with Gasteiger partial charge >= 0.3 is 0 Å². The molecule has 0 bridgehead atoms. The second-order valence-electron chi connectivity index (χ2n) is 6.02. The molecule has 1 atom stereocenters. The number of primary amides is 1. The zero-order valence-electron chi connectivity index (χ0n) is 14.2. The highest BCUT2D eigenvalue weighted by Crippen LogP contribution is 2.41. The zero-order chi connectivity index (χ0) is 18.3. The summed E-state index contributed by atoms with van der Waals surface area (Å²) in [6, 6.07) is 23.0. The molecule has 26 heavy (non-hydrogen) atoms. The molecule has 3 aromatic carbocycles. The lowest BCUT2D eigenvalue weighted by Crippen LogP contribution is -2.25. The molecule has 0 saturated heterocycles. The molecule has 2 N–H and O–H groups in total. The molecule has 0 radical (unpaired) electrons. The minimum atomic E-state index is -0.453. The fourth-order valence-electron chi connectivity index (χ4n) is 3.15. The van der Waals surface area contributed by atoms with Crippen molar-refractivity contribution in [1.29, 1.82) is 0 Å². The summed E-state index contributed by atoms with van der Waals surface area (Å²) in [4.78, 5) is 29.2. The van der Waals surface area contributed by atoms with Crippen molar-refractivity contribution in [2.45, 2.75) is 14.7 Å². The van der Waals surface area contributed by atoms with Crippen molar-refractivity contribution in [3.8, 4) is 0 Å². The van der Waals surface area contributed by atoms with Gasteiger partial charge in [0, 0.05) is 12.6 Å². The first-order chi connectivity index (χ1) is 12.6. The number of carbonyl (C=O) groups is 2. The van der Waals surface area contributed by atoms with Gasteiger partial charge in [0.2, 0.25) is 5.91 Å². The molecule has 128 valence electrons. The molecule has 5 heteroatoms. The largest absolute Gasteiger partial charge is 0.366 e. The van der Waals surface area contributed by atoms with Gasteiger partial charge in [-0.3, -0.25) is 9.59 Å². The van der Waals surface area contributed by atoms with E-state index in [0.29, 0.717) is 11.1 Å². The van der Waals surface area contributed by atoms with Gasteiger partial charge in [0.25, 0.3) is 5.91 Å². The van der Waals surface area contributed by atoms with E-state index in [9.17, 15) is 9.59 Å². The summed E-state index contributed by atoms with van der Waals surface area (Å²) in [5.74, 6) is -0.465. The smallest absolute Gasteiger partial charge is 0.263 e. The Balaban J connectivity index is 1.98. The number of rotatable bonds is 2. The normalized spacial score (nSPS) is 15.8. The average Bonchev–Trinajstić information content (AvgIpc) is 2.76. The van der Waals surface area contributed by atoms with Gasteiger partial charge in [-0.25, -0.2) is 0 Å². The van der Waals surface area contributed by atoms with Crippen molar-refractivity contribution in [2.24, 2.45) is 5.73 Å². The number of para-hydroxylation sites is 1. The summed E-state index contributed by atoms with van der Waals surface area (Å²) in [7, 11) is 1.35. The lowest BCUT2D eigenvalue weighted by atomic mass is 10.2. The maximum Gasteiger partial charge on any atom is 0.263 e. The highest BCUT2D eigenvalue weighted by Gasteiger charge is 2.40. The fraction of sp³-hybridized carbons (Fsp3) is 0.0476. The number of carbonyl (C=O) groups excluding carboxylic acids is 2. The van der Waals surface area contributed by atoms with Crippen molar-refractivity contribution in [3.05, 3.63) is 83.9 Å². The van der Waals surface area contributed by atoms with Gasteiger partial charge in [-0.1, -0.05) is 24.3 Å². The highest BCUT2D eigenvalue weighted by molar-refractivity contribution is 7.97. The van der Waals surface area contributed by atoms with Gasteiger partial charge in [-0.05, 0) is 48.5 Å². The van der Waals surface area contributed by atoms with E-state index in [1.807, 2.05) is 54.6 Å². The third-order valence-corrected chi connectivity index (χ3v) is 6.79. The van der Waals surface area contributed by atoms with Crippen LogP contribution in [0.4, 0.5) is 5.69 Å². The molecule has 1 aliphatic rings. The van der Waals surface area contributed by atoms with Crippen LogP contribution in [0.2, 0.25) is 0 Å². The number of amides is 2. The van der Waals surface area contributed by atoms with Crippen molar-refractivity contribution < 1.29 is 9.59 Å². The molecule has 1 aliphatic heterocycles. The summed E-state index contributed by atoms with van der Waals surface area (Å²) in [6.45, 7) is 0. The molecule has 0 spiro atoms. The van der Waals surface area contributed by atoms with Gasteiger partial charge in [0.1, 0.15) is 16.6 Å². The fourth-order valence-corrected chi connectivity index (χ4v) is 5.52. The molecule has 4 nitrogen and oxygen atoms in total. The van der Waals surface area contributed by atoms with E-state index < -0.39 is 16.8 Å². The standard InChI is InChI=1S/C21H16N2O2S/c1-23-17-7-3-5-9-19(17)26(15-12-10-14(11-13-15)20(22)24)18-8-4-2-6-16(18)21(23)25/h2-13H,1H3,(H-,22,24)/p+1. The second-order valence-corrected chi connectivity index (χ2v) is 7.99. The summed E-state index contributed by atoms with van der Waals surface area (Å²) in [6.07, 6.45) is 0. The predicted molar refractivity (Wildman–Crippen MR) is 103 cm³/mol. The topological polar surface area (TPSA) is 63.4 Å². The molecule has 2 amide bonds. The van der Waals surface area contributed by atoms with Crippen LogP contribution in [0.1, 0.15) is 20.7 Å². The van der Waals surface area contributed by atoms with Crippen LogP contribution < -0.4 is 10.6 Å². The molecular weight excluding hydrogens is 344 g/mol. The van der Waals surface area contributed by atoms with Crippen LogP contribution in [0.3, 0.4) is 0 Å². The van der Waals surface area contributed by atoms with Crippen LogP contribution in [0.5, 0.6) is 0 Å². The highest BCUT2D eigenvalue weighted by atomic mass is 32.2. The first-order valence-electron chi connectivity index (χ1n) is 8.18. The molecule has 0 aromatic heterocycles. The van der Waals surface area contributed by atoms with Crippen molar-refractivity contribution in [1.82, 2.24) is 0 Å². The minimum absolute atomic E-state index is 0.0168. The van der Waals surface area contributed by atoms with E-state index in [2.05, 4.69) is 6.07 Å². The Morgan fingerprint density at radius 2 is 1.50 bits per heavy atom. The summed E-state index contributed by atoms with van der Waals surface area (Å²) in [5.41, 5.74) is 7.44. The van der Waals surface area contributed by atoms with Crippen LogP contribution in [0.15, 0.2) is 87.5 Å². The summed E-state index contributed by atoms with van der Waals surface area (Å²) >= 11 is 0. The van der Waals surface area contributed by atoms with Gasteiger partial charge in [0.15, 0.2) is 14.7 Å². The third kappa shape index (κ3) is 2.57. The maximum atomic E-state index is 13.0. The molecule has 3 aromatic rings. The number of anilines is 1. The van der Waals surface area contributed by atoms with E-state index in [-0.39, 0.29) is 5.91 Å². The second kappa shape index (κ2) is 6.35. The van der Waals surface area contributed by atoms with Crippen molar-refractivity contribution >= 4 is 28.4 Å². The van der Waals surface area contributed by atoms with Crippen molar-refractivity contribution in [3.63, 3.8) is 0 Å². The van der Waals surface area contributed by atoms with Crippen LogP contribution in [-0.4, -0.2) is 18.9 Å². The monoisotopic (exact) mass is 361 g/mol. The lowest BCUT2D eigenvalue weighted by Gasteiger charge is -2.15. The number of fused-ring (bicyclic) bond motifs is 2. The Morgan fingerprint density at radius 3 is 2.19 bits per heavy atom. The molecule has 0 aliphatic carbocycles. The number of nitrogens with two attached hydrogens (primary N) is 1. The Bertz CT molecular complexity index is 1010. The lowest BCUT2D eigenvalue weighted by molar-refractivity contribution is 0.0986. The molecule has 0 fully saturated rings. The van der Waals surface area contributed by atoms with E-state index in [0.717, 1.165) is 20.4 Å². The zero-order valence-corrected chi connectivity index (χ0v) is 15.0. The van der Waals surface area contributed by atoms with Crippen molar-refractivity contribution in [2.75, 3.05) is 11.9 Å². The van der Waals surface area contributed by atoms with Crippen LogP contribution in [0.25, 0.3) is 0 Å². The number of hydrogen-bond acceptors (Lipinski definition) is 2. The molecule has 0 saturated carbocycles. The predicted octanol–water partition coefficient (Wildman–Crippen LogP) is 3.47. The first kappa shape index (κ1) is 16.4. The summed E-state index contributed by atoms with van der Waals surface area (Å²) < 4.78 is 0. The molecule has 1 heterocycles. The Kier molecular flexibility index (Phi) is 4.01. The maximum absolute atomic E-state index is 13.0. The number of benzene rings is 3.